The van der Waals surface area contributed by atoms with Gasteiger partial charge in [0.15, 0.2) is 0 Å². The van der Waals surface area contributed by atoms with Crippen molar-refractivity contribution in [3.63, 3.8) is 0 Å². The molecule has 0 bridgehead atoms. The second-order valence-electron chi connectivity index (χ2n) is 4.04. The molecule has 0 spiro atoms. The van der Waals surface area contributed by atoms with Crippen LogP contribution in [0.2, 0.25) is 0 Å². The van der Waals surface area contributed by atoms with E-state index in [-0.39, 0.29) is 11.9 Å². The zero-order valence-electron chi connectivity index (χ0n) is 9.81. The van der Waals surface area contributed by atoms with Gasteiger partial charge in [0.1, 0.15) is 5.82 Å². The number of nitrogens with two attached hydrogens (primary N) is 1. The summed E-state index contributed by atoms with van der Waals surface area (Å²) in [5, 5.41) is 0. The quantitative estimate of drug-likeness (QED) is 0.624. The van der Waals surface area contributed by atoms with Crippen molar-refractivity contribution < 1.29 is 4.39 Å². The van der Waals surface area contributed by atoms with Crippen molar-refractivity contribution in [2.45, 2.75) is 13.0 Å². The maximum absolute atomic E-state index is 13.5. The number of hydrogen-bond acceptors (Lipinski definition) is 3. The summed E-state index contributed by atoms with van der Waals surface area (Å²) in [6.07, 6.45) is 3.40. The number of halogens is 1. The van der Waals surface area contributed by atoms with E-state index < -0.39 is 0 Å². The highest BCUT2D eigenvalue weighted by atomic mass is 19.1. The van der Waals surface area contributed by atoms with Crippen LogP contribution in [0.4, 0.5) is 4.39 Å². The van der Waals surface area contributed by atoms with Crippen LogP contribution in [0.25, 0.3) is 0 Å². The van der Waals surface area contributed by atoms with Gasteiger partial charge in [0, 0.05) is 7.05 Å². The number of hydrogen-bond donors (Lipinski definition) is 2. The zero-order chi connectivity index (χ0) is 12.4. The number of nitrogens with one attached hydrogen (secondary N) is 1. The van der Waals surface area contributed by atoms with E-state index in [1.807, 2.05) is 17.7 Å². The minimum atomic E-state index is -0.266. The summed E-state index contributed by atoms with van der Waals surface area (Å²) < 4.78 is 15.4. The topological polar surface area (TPSA) is 55.9 Å². The molecule has 0 amide bonds. The van der Waals surface area contributed by atoms with Gasteiger partial charge in [-0.1, -0.05) is 12.1 Å². The summed E-state index contributed by atoms with van der Waals surface area (Å²) in [4.78, 5) is 4.03. The molecule has 1 atom stereocenters. The van der Waals surface area contributed by atoms with Crippen molar-refractivity contribution in [2.24, 2.45) is 12.9 Å². The third kappa shape index (κ3) is 2.20. The third-order valence-electron chi connectivity index (χ3n) is 2.85. The highest BCUT2D eigenvalue weighted by molar-refractivity contribution is 5.30. The molecule has 3 N–H and O–H groups in total. The lowest BCUT2D eigenvalue weighted by Gasteiger charge is -2.17. The number of rotatable bonds is 3. The lowest BCUT2D eigenvalue weighted by Crippen LogP contribution is -2.30. The summed E-state index contributed by atoms with van der Waals surface area (Å²) in [6, 6.07) is 4.83. The zero-order valence-corrected chi connectivity index (χ0v) is 9.81. The average molecular weight is 234 g/mol. The Kier molecular flexibility index (Phi) is 3.21. The summed E-state index contributed by atoms with van der Waals surface area (Å²) in [5.74, 6) is 5.31. The van der Waals surface area contributed by atoms with E-state index in [2.05, 4.69) is 10.4 Å². The molecule has 0 fully saturated rings. The average Bonchev–Trinajstić information content (AvgIpc) is 2.71. The molecule has 2 rings (SSSR count). The molecule has 2 aromatic rings. The van der Waals surface area contributed by atoms with Crippen LogP contribution in [0.1, 0.15) is 22.9 Å². The summed E-state index contributed by atoms with van der Waals surface area (Å²) >= 11 is 0. The monoisotopic (exact) mass is 234 g/mol. The van der Waals surface area contributed by atoms with Crippen molar-refractivity contribution in [1.82, 2.24) is 15.0 Å². The van der Waals surface area contributed by atoms with E-state index in [0.29, 0.717) is 5.56 Å². The van der Waals surface area contributed by atoms with Crippen molar-refractivity contribution >= 4 is 0 Å². The van der Waals surface area contributed by atoms with E-state index in [4.69, 9.17) is 5.84 Å². The molecule has 0 aliphatic rings. The first-order valence-electron chi connectivity index (χ1n) is 5.32. The van der Waals surface area contributed by atoms with Crippen LogP contribution in [-0.2, 0) is 7.05 Å². The van der Waals surface area contributed by atoms with Crippen molar-refractivity contribution in [3.05, 3.63) is 53.4 Å². The Morgan fingerprint density at radius 3 is 2.76 bits per heavy atom. The van der Waals surface area contributed by atoms with Crippen molar-refractivity contribution in [3.8, 4) is 0 Å². The van der Waals surface area contributed by atoms with Crippen LogP contribution in [-0.4, -0.2) is 9.55 Å². The van der Waals surface area contributed by atoms with Crippen LogP contribution >= 0.6 is 0 Å². The fourth-order valence-corrected chi connectivity index (χ4v) is 1.79. The smallest absolute Gasteiger partial charge is 0.126 e. The molecule has 1 heterocycles. The Balaban J connectivity index is 2.42. The fourth-order valence-electron chi connectivity index (χ4n) is 1.79. The Hall–Kier alpha value is -1.72. The SMILES string of the molecule is Cc1ccc(C(NN)c2cncn2C)cc1F. The van der Waals surface area contributed by atoms with E-state index in [9.17, 15) is 4.39 Å². The first-order valence-corrected chi connectivity index (χ1v) is 5.32. The first-order chi connectivity index (χ1) is 8.13. The lowest BCUT2D eigenvalue weighted by atomic mass is 10.0. The predicted octanol–water partition coefficient (Wildman–Crippen LogP) is 1.42. The van der Waals surface area contributed by atoms with E-state index in [1.165, 1.54) is 6.07 Å². The molecule has 0 radical (unpaired) electrons. The minimum Gasteiger partial charge on any atom is -0.336 e. The van der Waals surface area contributed by atoms with Gasteiger partial charge in [0.25, 0.3) is 0 Å². The predicted molar refractivity (Wildman–Crippen MR) is 63.5 cm³/mol. The number of benzene rings is 1. The number of hydrazine groups is 1. The highest BCUT2D eigenvalue weighted by Gasteiger charge is 2.16. The van der Waals surface area contributed by atoms with Crippen LogP contribution in [0.5, 0.6) is 0 Å². The molecule has 0 saturated carbocycles. The van der Waals surface area contributed by atoms with Gasteiger partial charge in [-0.2, -0.15) is 0 Å². The molecule has 0 aliphatic heterocycles. The third-order valence-corrected chi connectivity index (χ3v) is 2.85. The van der Waals surface area contributed by atoms with Gasteiger partial charge in [-0.15, -0.1) is 0 Å². The summed E-state index contributed by atoms with van der Waals surface area (Å²) in [7, 11) is 1.87. The van der Waals surface area contributed by atoms with Gasteiger partial charge in [0.2, 0.25) is 0 Å². The number of imidazole rings is 1. The highest BCUT2D eigenvalue weighted by Crippen LogP contribution is 2.22. The normalized spacial score (nSPS) is 12.7. The Morgan fingerprint density at radius 2 is 2.24 bits per heavy atom. The molecule has 90 valence electrons. The molecule has 1 unspecified atom stereocenters. The minimum absolute atomic E-state index is 0.232. The second kappa shape index (κ2) is 4.65. The first kappa shape index (κ1) is 11.8. The molecule has 17 heavy (non-hydrogen) atoms. The molecular weight excluding hydrogens is 219 g/mol. The molecule has 1 aromatic carbocycles. The van der Waals surface area contributed by atoms with E-state index >= 15 is 0 Å². The van der Waals surface area contributed by atoms with Crippen LogP contribution in [0, 0.1) is 12.7 Å². The van der Waals surface area contributed by atoms with Gasteiger partial charge >= 0.3 is 0 Å². The largest absolute Gasteiger partial charge is 0.336 e. The molecule has 4 nitrogen and oxygen atoms in total. The molecule has 0 saturated heterocycles. The van der Waals surface area contributed by atoms with Crippen LogP contribution in [0.15, 0.2) is 30.7 Å². The van der Waals surface area contributed by atoms with Crippen molar-refractivity contribution in [2.75, 3.05) is 0 Å². The fraction of sp³-hybridized carbons (Fsp3) is 0.250. The van der Waals surface area contributed by atoms with E-state index in [0.717, 1.165) is 11.3 Å². The number of aryl methyl sites for hydroxylation is 2. The lowest BCUT2D eigenvalue weighted by molar-refractivity contribution is 0.580. The standard InChI is InChI=1S/C12H15FN4/c1-8-3-4-9(5-10(8)13)12(16-14)11-6-15-7-17(11)2/h3-7,12,16H,14H2,1-2H3. The van der Waals surface area contributed by atoms with Crippen molar-refractivity contribution in [1.29, 1.82) is 0 Å². The van der Waals surface area contributed by atoms with Gasteiger partial charge in [-0.25, -0.2) is 14.8 Å². The Bertz CT molecular complexity index is 521. The maximum Gasteiger partial charge on any atom is 0.126 e. The Morgan fingerprint density at radius 1 is 1.47 bits per heavy atom. The summed E-state index contributed by atoms with van der Waals surface area (Å²) in [5.41, 5.74) is 4.96. The molecule has 1 aromatic heterocycles. The summed E-state index contributed by atoms with van der Waals surface area (Å²) in [6.45, 7) is 1.73. The van der Waals surface area contributed by atoms with Crippen LogP contribution < -0.4 is 11.3 Å². The van der Waals surface area contributed by atoms with E-state index in [1.54, 1.807) is 25.5 Å². The van der Waals surface area contributed by atoms with Gasteiger partial charge in [0.05, 0.1) is 24.3 Å². The molecule has 5 heteroatoms. The van der Waals surface area contributed by atoms with Gasteiger partial charge in [-0.3, -0.25) is 5.84 Å². The maximum atomic E-state index is 13.5. The second-order valence-corrected chi connectivity index (χ2v) is 4.04. The van der Waals surface area contributed by atoms with Crippen LogP contribution in [0.3, 0.4) is 0 Å². The number of aromatic nitrogens is 2. The molecular formula is C12H15FN4. The van der Waals surface area contributed by atoms with Gasteiger partial charge < -0.3 is 4.57 Å². The Labute approximate surface area is 99.2 Å². The molecule has 0 aliphatic carbocycles. The number of nitrogens with zero attached hydrogens (tertiary/aromatic N) is 2. The van der Waals surface area contributed by atoms with Gasteiger partial charge in [-0.05, 0) is 24.1 Å².